The van der Waals surface area contributed by atoms with Crippen LogP contribution in [0.5, 0.6) is 5.75 Å². The first-order valence-corrected chi connectivity index (χ1v) is 7.24. The van der Waals surface area contributed by atoms with Crippen LogP contribution in [0.4, 0.5) is 13.2 Å². The van der Waals surface area contributed by atoms with Crippen LogP contribution >= 0.6 is 0 Å². The summed E-state index contributed by atoms with van der Waals surface area (Å²) >= 11 is 0. The molecule has 0 aromatic heterocycles. The van der Waals surface area contributed by atoms with Crippen molar-refractivity contribution in [2.24, 2.45) is 5.92 Å². The summed E-state index contributed by atoms with van der Waals surface area (Å²) in [7, 11) is 1.54. The quantitative estimate of drug-likeness (QED) is 0.831. The van der Waals surface area contributed by atoms with Crippen molar-refractivity contribution in [3.63, 3.8) is 0 Å². The molecule has 1 aliphatic carbocycles. The highest BCUT2D eigenvalue weighted by molar-refractivity contribution is 5.83. The highest BCUT2D eigenvalue weighted by atomic mass is 19.4. The Morgan fingerprint density at radius 1 is 1.36 bits per heavy atom. The topological polar surface area (TPSA) is 29.5 Å². The number of carbonyl (C=O) groups excluding carboxylic acids is 1. The standard InChI is InChI=1S/C16H20F3NO2/c1-10(2)20(9-16(17,18)19)15(21)13-8-12(13)11-6-4-5-7-14(11)22-3/h4-7,10,12-13H,8-9H2,1-3H3/t12-,13+/m1/s1. The third-order valence-electron chi connectivity index (χ3n) is 3.90. The monoisotopic (exact) mass is 315 g/mol. The molecule has 0 spiro atoms. The van der Waals surface area contributed by atoms with Crippen molar-refractivity contribution in [2.75, 3.05) is 13.7 Å². The fourth-order valence-electron chi connectivity index (χ4n) is 2.71. The molecule has 1 amide bonds. The van der Waals surface area contributed by atoms with Crippen LogP contribution in [-0.4, -0.2) is 36.7 Å². The molecule has 22 heavy (non-hydrogen) atoms. The number of hydrogen-bond acceptors (Lipinski definition) is 2. The Morgan fingerprint density at radius 3 is 2.55 bits per heavy atom. The van der Waals surface area contributed by atoms with Crippen LogP contribution in [0.25, 0.3) is 0 Å². The van der Waals surface area contributed by atoms with Gasteiger partial charge in [0.1, 0.15) is 12.3 Å². The van der Waals surface area contributed by atoms with E-state index in [1.165, 1.54) is 0 Å². The first-order chi connectivity index (χ1) is 10.2. The predicted octanol–water partition coefficient (Wildman–Crippen LogP) is 3.60. The molecule has 0 radical (unpaired) electrons. The van der Waals surface area contributed by atoms with Crippen LogP contribution in [0.3, 0.4) is 0 Å². The number of alkyl halides is 3. The summed E-state index contributed by atoms with van der Waals surface area (Å²) in [6.07, 6.45) is -3.81. The summed E-state index contributed by atoms with van der Waals surface area (Å²) in [6.45, 7) is 2.01. The zero-order valence-electron chi connectivity index (χ0n) is 12.9. The van der Waals surface area contributed by atoms with Gasteiger partial charge in [-0.05, 0) is 37.8 Å². The molecule has 0 N–H and O–H groups in total. The molecule has 0 saturated heterocycles. The molecule has 0 unspecified atom stereocenters. The van der Waals surface area contributed by atoms with E-state index < -0.39 is 24.7 Å². The number of benzene rings is 1. The van der Waals surface area contributed by atoms with Gasteiger partial charge in [0.2, 0.25) is 5.91 Å². The molecule has 1 aromatic rings. The first-order valence-electron chi connectivity index (χ1n) is 7.24. The molecule has 0 aliphatic heterocycles. The molecule has 6 heteroatoms. The number of para-hydroxylation sites is 1. The Balaban J connectivity index is 2.11. The predicted molar refractivity (Wildman–Crippen MR) is 76.7 cm³/mol. The van der Waals surface area contributed by atoms with Crippen molar-refractivity contribution in [3.8, 4) is 5.75 Å². The minimum absolute atomic E-state index is 0.0573. The van der Waals surface area contributed by atoms with E-state index in [9.17, 15) is 18.0 Å². The van der Waals surface area contributed by atoms with Crippen molar-refractivity contribution in [1.82, 2.24) is 4.90 Å². The molecule has 1 fully saturated rings. The molecule has 1 aliphatic rings. The molecular weight excluding hydrogens is 295 g/mol. The lowest BCUT2D eigenvalue weighted by Crippen LogP contribution is -2.44. The molecule has 2 atom stereocenters. The van der Waals surface area contributed by atoms with Crippen LogP contribution in [0.2, 0.25) is 0 Å². The van der Waals surface area contributed by atoms with Crippen LogP contribution in [0, 0.1) is 5.92 Å². The van der Waals surface area contributed by atoms with Crippen molar-refractivity contribution in [2.45, 2.75) is 38.4 Å². The van der Waals surface area contributed by atoms with E-state index in [1.807, 2.05) is 18.2 Å². The number of hydrogen-bond donors (Lipinski definition) is 0. The Morgan fingerprint density at radius 2 is 2.00 bits per heavy atom. The van der Waals surface area contributed by atoms with Gasteiger partial charge in [-0.3, -0.25) is 4.79 Å². The zero-order valence-corrected chi connectivity index (χ0v) is 12.9. The smallest absolute Gasteiger partial charge is 0.406 e. The van der Waals surface area contributed by atoms with E-state index in [0.717, 1.165) is 10.5 Å². The summed E-state index contributed by atoms with van der Waals surface area (Å²) in [5.74, 6) is -0.197. The van der Waals surface area contributed by atoms with E-state index in [2.05, 4.69) is 0 Å². The number of amides is 1. The molecule has 0 heterocycles. The fourth-order valence-corrected chi connectivity index (χ4v) is 2.71. The number of ether oxygens (including phenoxy) is 1. The second-order valence-corrected chi connectivity index (χ2v) is 5.87. The second-order valence-electron chi connectivity index (χ2n) is 5.87. The molecule has 2 rings (SSSR count). The fraction of sp³-hybridized carbons (Fsp3) is 0.562. The lowest BCUT2D eigenvalue weighted by Gasteiger charge is -2.28. The van der Waals surface area contributed by atoms with Crippen molar-refractivity contribution >= 4 is 5.91 Å². The average molecular weight is 315 g/mol. The normalized spacial score (nSPS) is 20.9. The van der Waals surface area contributed by atoms with Crippen LogP contribution in [-0.2, 0) is 4.79 Å². The van der Waals surface area contributed by atoms with Gasteiger partial charge in [0.25, 0.3) is 0 Å². The maximum absolute atomic E-state index is 12.6. The number of halogens is 3. The van der Waals surface area contributed by atoms with Crippen molar-refractivity contribution < 1.29 is 22.7 Å². The van der Waals surface area contributed by atoms with Gasteiger partial charge in [-0.1, -0.05) is 18.2 Å². The highest BCUT2D eigenvalue weighted by Gasteiger charge is 2.48. The van der Waals surface area contributed by atoms with Crippen LogP contribution in [0.15, 0.2) is 24.3 Å². The van der Waals surface area contributed by atoms with Crippen molar-refractivity contribution in [3.05, 3.63) is 29.8 Å². The van der Waals surface area contributed by atoms with E-state index in [4.69, 9.17) is 4.74 Å². The van der Waals surface area contributed by atoms with Gasteiger partial charge in [0.15, 0.2) is 0 Å². The molecule has 1 saturated carbocycles. The van der Waals surface area contributed by atoms with Gasteiger partial charge in [-0.2, -0.15) is 13.2 Å². The molecule has 1 aromatic carbocycles. The number of rotatable bonds is 5. The first kappa shape index (κ1) is 16.6. The van der Waals surface area contributed by atoms with Crippen LogP contribution in [0.1, 0.15) is 31.7 Å². The minimum Gasteiger partial charge on any atom is -0.496 e. The van der Waals surface area contributed by atoms with Crippen molar-refractivity contribution in [1.29, 1.82) is 0 Å². The Labute approximate surface area is 128 Å². The Kier molecular flexibility index (Phi) is 4.68. The van der Waals surface area contributed by atoms with Gasteiger partial charge in [0, 0.05) is 12.0 Å². The lowest BCUT2D eigenvalue weighted by molar-refractivity contribution is -0.165. The Bertz CT molecular complexity index is 542. The van der Waals surface area contributed by atoms with Gasteiger partial charge < -0.3 is 9.64 Å². The van der Waals surface area contributed by atoms with E-state index in [-0.39, 0.29) is 11.8 Å². The maximum atomic E-state index is 12.6. The largest absolute Gasteiger partial charge is 0.496 e. The summed E-state index contributed by atoms with van der Waals surface area (Å²) in [5.41, 5.74) is 0.888. The SMILES string of the molecule is COc1ccccc1[C@H]1C[C@@H]1C(=O)N(CC(F)(F)F)C(C)C. The average Bonchev–Trinajstić information content (AvgIpc) is 3.23. The van der Waals surface area contributed by atoms with E-state index in [0.29, 0.717) is 12.2 Å². The van der Waals surface area contributed by atoms with Crippen LogP contribution < -0.4 is 4.74 Å². The molecule has 3 nitrogen and oxygen atoms in total. The second kappa shape index (κ2) is 6.18. The number of methoxy groups -OCH3 is 1. The van der Waals surface area contributed by atoms with Gasteiger partial charge in [-0.15, -0.1) is 0 Å². The lowest BCUT2D eigenvalue weighted by atomic mass is 10.1. The highest BCUT2D eigenvalue weighted by Crippen LogP contribution is 2.51. The number of nitrogens with zero attached hydrogens (tertiary/aromatic N) is 1. The summed E-state index contributed by atoms with van der Waals surface area (Å²) in [5, 5.41) is 0. The van der Waals surface area contributed by atoms with Gasteiger partial charge in [-0.25, -0.2) is 0 Å². The third kappa shape index (κ3) is 3.72. The summed E-state index contributed by atoms with van der Waals surface area (Å²) < 4.78 is 43.2. The van der Waals surface area contributed by atoms with Gasteiger partial charge >= 0.3 is 6.18 Å². The Hall–Kier alpha value is -1.72. The third-order valence-corrected chi connectivity index (χ3v) is 3.90. The van der Waals surface area contributed by atoms with E-state index in [1.54, 1.807) is 27.0 Å². The molecule has 122 valence electrons. The summed E-state index contributed by atoms with van der Waals surface area (Å²) in [4.78, 5) is 13.3. The molecule has 0 bridgehead atoms. The zero-order chi connectivity index (χ0) is 16.5. The van der Waals surface area contributed by atoms with Gasteiger partial charge in [0.05, 0.1) is 7.11 Å². The minimum atomic E-state index is -4.38. The summed E-state index contributed by atoms with van der Waals surface area (Å²) in [6, 6.07) is 6.85. The number of carbonyl (C=O) groups is 1. The maximum Gasteiger partial charge on any atom is 0.406 e. The molecular formula is C16H20F3NO2. The van der Waals surface area contributed by atoms with E-state index >= 15 is 0 Å².